The molecule has 0 spiro atoms. The molecule has 0 N–H and O–H groups in total. The van der Waals surface area contributed by atoms with Gasteiger partial charge in [0.1, 0.15) is 5.75 Å². The Bertz CT molecular complexity index is 470. The van der Waals surface area contributed by atoms with Gasteiger partial charge in [0, 0.05) is 10.7 Å². The maximum atomic E-state index is 10.8. The Balaban J connectivity index is 1.98. The van der Waals surface area contributed by atoms with E-state index in [0.717, 1.165) is 17.7 Å². The second-order valence-electron chi connectivity index (χ2n) is 4.02. The molecule has 0 saturated carbocycles. The number of para-hydroxylation sites is 1. The van der Waals surface area contributed by atoms with Crippen molar-refractivity contribution in [1.82, 2.24) is 0 Å². The summed E-state index contributed by atoms with van der Waals surface area (Å²) in [5.74, 6) is 1.17. The molecule has 1 heterocycles. The van der Waals surface area contributed by atoms with Crippen LogP contribution in [0.4, 0.5) is 0 Å². The quantitative estimate of drug-likeness (QED) is 0.783. The molecule has 1 aliphatic rings. The van der Waals surface area contributed by atoms with Gasteiger partial charge < -0.3 is 4.74 Å². The van der Waals surface area contributed by atoms with E-state index in [4.69, 9.17) is 15.4 Å². The highest BCUT2D eigenvalue weighted by Gasteiger charge is 2.20. The third-order valence-electron chi connectivity index (χ3n) is 2.73. The van der Waals surface area contributed by atoms with Crippen molar-refractivity contribution in [2.24, 2.45) is 5.92 Å². The Labute approximate surface area is 99.8 Å². The fourth-order valence-electron chi connectivity index (χ4n) is 1.88. The molecule has 16 heavy (non-hydrogen) atoms. The molecule has 3 nitrogen and oxygen atoms in total. The lowest BCUT2D eigenvalue weighted by Gasteiger charge is -2.24. The van der Waals surface area contributed by atoms with E-state index in [2.05, 4.69) is 0 Å². The molecule has 0 fully saturated rings. The molecule has 5 heteroatoms. The standard InChI is InChI=1S/C11H13ClO3S/c12-16(13,14)6-5-9-7-10-3-1-2-4-11(10)15-8-9/h1-4,9H,5-8H2. The van der Waals surface area contributed by atoms with Crippen molar-refractivity contribution in [1.29, 1.82) is 0 Å². The first-order chi connectivity index (χ1) is 7.54. The van der Waals surface area contributed by atoms with Crippen LogP contribution in [0.1, 0.15) is 12.0 Å². The molecule has 1 aromatic rings. The number of rotatable bonds is 3. The zero-order valence-electron chi connectivity index (χ0n) is 8.73. The van der Waals surface area contributed by atoms with Crippen molar-refractivity contribution in [3.8, 4) is 5.75 Å². The molecule has 0 bridgehead atoms. The van der Waals surface area contributed by atoms with Crippen LogP contribution in [-0.2, 0) is 15.5 Å². The van der Waals surface area contributed by atoms with Crippen LogP contribution in [0.15, 0.2) is 24.3 Å². The van der Waals surface area contributed by atoms with Crippen LogP contribution in [-0.4, -0.2) is 20.8 Å². The highest BCUT2D eigenvalue weighted by Crippen LogP contribution is 2.28. The third-order valence-corrected chi connectivity index (χ3v) is 3.91. The van der Waals surface area contributed by atoms with Crippen molar-refractivity contribution in [3.05, 3.63) is 29.8 Å². The first-order valence-electron chi connectivity index (χ1n) is 5.17. The number of halogens is 1. The third kappa shape index (κ3) is 3.12. The van der Waals surface area contributed by atoms with E-state index in [9.17, 15) is 8.42 Å². The van der Waals surface area contributed by atoms with Crippen molar-refractivity contribution >= 4 is 19.7 Å². The van der Waals surface area contributed by atoms with Crippen molar-refractivity contribution in [3.63, 3.8) is 0 Å². The van der Waals surface area contributed by atoms with Crippen LogP contribution in [0.2, 0.25) is 0 Å². The molecule has 88 valence electrons. The van der Waals surface area contributed by atoms with Crippen molar-refractivity contribution < 1.29 is 13.2 Å². The summed E-state index contributed by atoms with van der Waals surface area (Å²) in [4.78, 5) is 0. The van der Waals surface area contributed by atoms with Crippen molar-refractivity contribution in [2.75, 3.05) is 12.4 Å². The average Bonchev–Trinajstić information content (AvgIpc) is 2.25. The summed E-state index contributed by atoms with van der Waals surface area (Å²) >= 11 is 0. The summed E-state index contributed by atoms with van der Waals surface area (Å²) in [6.45, 7) is 0.573. The second kappa shape index (κ2) is 4.63. The average molecular weight is 261 g/mol. The fraction of sp³-hybridized carbons (Fsp3) is 0.455. The van der Waals surface area contributed by atoms with Gasteiger partial charge >= 0.3 is 0 Å². The molecule has 0 amide bonds. The van der Waals surface area contributed by atoms with Gasteiger partial charge in [-0.15, -0.1) is 0 Å². The van der Waals surface area contributed by atoms with Crippen LogP contribution < -0.4 is 4.74 Å². The molecule has 0 radical (unpaired) electrons. The van der Waals surface area contributed by atoms with Crippen LogP contribution in [0.3, 0.4) is 0 Å². The predicted octanol–water partition coefficient (Wildman–Crippen LogP) is 2.20. The smallest absolute Gasteiger partial charge is 0.232 e. The van der Waals surface area contributed by atoms with E-state index in [1.165, 1.54) is 0 Å². The van der Waals surface area contributed by atoms with E-state index in [0.29, 0.717) is 13.0 Å². The Morgan fingerprint density at radius 2 is 2.12 bits per heavy atom. The van der Waals surface area contributed by atoms with Crippen LogP contribution in [0, 0.1) is 5.92 Å². The normalized spacial score (nSPS) is 19.9. The number of ether oxygens (including phenoxy) is 1. The molecule has 1 aliphatic heterocycles. The summed E-state index contributed by atoms with van der Waals surface area (Å²) in [6.07, 6.45) is 1.42. The van der Waals surface area contributed by atoms with E-state index in [1.807, 2.05) is 24.3 Å². The lowest BCUT2D eigenvalue weighted by atomic mass is 9.95. The van der Waals surface area contributed by atoms with Gasteiger partial charge in [0.25, 0.3) is 0 Å². The Hall–Kier alpha value is -0.740. The molecule has 1 aromatic carbocycles. The fourth-order valence-corrected chi connectivity index (χ4v) is 2.77. The van der Waals surface area contributed by atoms with Gasteiger partial charge in [0.05, 0.1) is 12.4 Å². The largest absolute Gasteiger partial charge is 0.493 e. The lowest BCUT2D eigenvalue weighted by molar-refractivity contribution is 0.219. The molecule has 1 unspecified atom stereocenters. The van der Waals surface area contributed by atoms with Gasteiger partial charge in [0.2, 0.25) is 9.05 Å². The zero-order chi connectivity index (χ0) is 11.6. The van der Waals surface area contributed by atoms with Crippen LogP contribution in [0.5, 0.6) is 5.75 Å². The first kappa shape index (κ1) is 11.7. The molecule has 0 aliphatic carbocycles. The molecule has 0 saturated heterocycles. The van der Waals surface area contributed by atoms with E-state index >= 15 is 0 Å². The number of hydrogen-bond donors (Lipinski definition) is 0. The van der Waals surface area contributed by atoms with Crippen LogP contribution >= 0.6 is 10.7 Å². The van der Waals surface area contributed by atoms with Gasteiger partial charge in [-0.3, -0.25) is 0 Å². The Kier molecular flexibility index (Phi) is 3.40. The minimum Gasteiger partial charge on any atom is -0.493 e. The van der Waals surface area contributed by atoms with Crippen molar-refractivity contribution in [2.45, 2.75) is 12.8 Å². The lowest BCUT2D eigenvalue weighted by Crippen LogP contribution is -2.22. The predicted molar refractivity (Wildman–Crippen MR) is 63.4 cm³/mol. The van der Waals surface area contributed by atoms with Gasteiger partial charge in [-0.1, -0.05) is 18.2 Å². The van der Waals surface area contributed by atoms with E-state index in [-0.39, 0.29) is 11.7 Å². The van der Waals surface area contributed by atoms with Gasteiger partial charge in [-0.05, 0) is 30.4 Å². The minimum absolute atomic E-state index is 0.0186. The first-order valence-corrected chi connectivity index (χ1v) is 7.65. The summed E-state index contributed by atoms with van der Waals surface area (Å²) in [5.41, 5.74) is 1.14. The van der Waals surface area contributed by atoms with Gasteiger partial charge in [-0.2, -0.15) is 0 Å². The highest BCUT2D eigenvalue weighted by molar-refractivity contribution is 8.13. The Morgan fingerprint density at radius 1 is 1.38 bits per heavy atom. The Morgan fingerprint density at radius 3 is 2.88 bits per heavy atom. The molecular weight excluding hydrogens is 248 g/mol. The summed E-state index contributed by atoms with van der Waals surface area (Å²) < 4.78 is 27.3. The summed E-state index contributed by atoms with van der Waals surface area (Å²) in [5, 5.41) is 0. The zero-order valence-corrected chi connectivity index (χ0v) is 10.3. The number of benzene rings is 1. The monoisotopic (exact) mass is 260 g/mol. The van der Waals surface area contributed by atoms with Gasteiger partial charge in [-0.25, -0.2) is 8.42 Å². The highest BCUT2D eigenvalue weighted by atomic mass is 35.7. The number of fused-ring (bicyclic) bond motifs is 1. The second-order valence-corrected chi connectivity index (χ2v) is 6.92. The van der Waals surface area contributed by atoms with E-state index in [1.54, 1.807) is 0 Å². The maximum absolute atomic E-state index is 10.8. The molecular formula is C11H13ClO3S. The number of hydrogen-bond acceptors (Lipinski definition) is 3. The maximum Gasteiger partial charge on any atom is 0.232 e. The topological polar surface area (TPSA) is 43.4 Å². The van der Waals surface area contributed by atoms with E-state index < -0.39 is 9.05 Å². The summed E-state index contributed by atoms with van der Waals surface area (Å²) in [7, 11) is 1.80. The van der Waals surface area contributed by atoms with Gasteiger partial charge in [0.15, 0.2) is 0 Å². The molecule has 0 aromatic heterocycles. The minimum atomic E-state index is -3.38. The van der Waals surface area contributed by atoms with Crippen LogP contribution in [0.25, 0.3) is 0 Å². The molecule has 2 rings (SSSR count). The SMILES string of the molecule is O=S(=O)(Cl)CCC1COc2ccccc2C1. The molecule has 1 atom stereocenters. The summed E-state index contributed by atoms with van der Waals surface area (Å²) in [6, 6.07) is 7.84.